The van der Waals surface area contributed by atoms with Gasteiger partial charge in [-0.15, -0.1) is 10.2 Å². The monoisotopic (exact) mass is 507 g/mol. The highest BCUT2D eigenvalue weighted by molar-refractivity contribution is 7.04. The zero-order valence-corrected chi connectivity index (χ0v) is 20.4. The van der Waals surface area contributed by atoms with Gasteiger partial charge in [-0.2, -0.15) is 9.06 Å². The molecule has 1 aliphatic rings. The molecule has 0 bridgehead atoms. The van der Waals surface area contributed by atoms with Crippen LogP contribution in [0.1, 0.15) is 39.5 Å². The summed E-state index contributed by atoms with van der Waals surface area (Å²) in [5, 5.41) is 12.5. The summed E-state index contributed by atoms with van der Waals surface area (Å²) in [4.78, 5) is 32.3. The summed E-state index contributed by atoms with van der Waals surface area (Å²) in [5.41, 5.74) is 1.83. The molecule has 0 saturated carbocycles. The van der Waals surface area contributed by atoms with Crippen molar-refractivity contribution in [3.05, 3.63) is 76.1 Å². The van der Waals surface area contributed by atoms with Crippen LogP contribution in [0, 0.1) is 12.7 Å². The van der Waals surface area contributed by atoms with Crippen LogP contribution in [0.25, 0.3) is 11.4 Å². The number of hydrogen-bond donors (Lipinski definition) is 0. The number of rotatable bonds is 5. The number of carbonyl (C=O) groups excluding carboxylic acids is 2. The standard InChI is InChI=1S/C24H22FN7O3S/c1-15-20(27-29-31(15)17-7-5-16(25)6-8-17)22(33)26-23-21(24(34)30-13-3-4-14-30)28-32(36-23)18-9-11-19(35-2)12-10-18/h5-12H,3-4,13-14H2,1-2H3. The molecule has 0 spiro atoms. The summed E-state index contributed by atoms with van der Waals surface area (Å²) in [6, 6.07) is 12.8. The van der Waals surface area contributed by atoms with Crippen LogP contribution in [-0.4, -0.2) is 61.1 Å². The third-order valence-corrected chi connectivity index (χ3v) is 6.75. The number of amides is 2. The number of halogens is 1. The van der Waals surface area contributed by atoms with Gasteiger partial charge in [0.15, 0.2) is 16.1 Å². The number of benzene rings is 2. The molecule has 36 heavy (non-hydrogen) atoms. The largest absolute Gasteiger partial charge is 0.497 e. The van der Waals surface area contributed by atoms with E-state index in [1.165, 1.54) is 28.9 Å². The van der Waals surface area contributed by atoms with Crippen molar-refractivity contribution in [3.63, 3.8) is 0 Å². The zero-order valence-electron chi connectivity index (χ0n) is 19.6. The molecule has 184 valence electrons. The number of nitrogens with zero attached hydrogens (tertiary/aromatic N) is 7. The van der Waals surface area contributed by atoms with E-state index >= 15 is 0 Å². The second kappa shape index (κ2) is 9.82. The first-order valence-electron chi connectivity index (χ1n) is 11.3. The summed E-state index contributed by atoms with van der Waals surface area (Å²) >= 11 is 1.08. The van der Waals surface area contributed by atoms with E-state index in [0.717, 1.165) is 24.4 Å². The molecule has 5 rings (SSSR count). The fraction of sp³-hybridized carbons (Fsp3) is 0.250. The van der Waals surface area contributed by atoms with Crippen molar-refractivity contribution in [2.75, 3.05) is 20.2 Å². The smallest absolute Gasteiger partial charge is 0.300 e. The summed E-state index contributed by atoms with van der Waals surface area (Å²) in [7, 11) is 1.58. The van der Waals surface area contributed by atoms with Gasteiger partial charge in [-0.3, -0.25) is 9.59 Å². The Morgan fingerprint density at radius 3 is 2.33 bits per heavy atom. The Morgan fingerprint density at radius 2 is 1.67 bits per heavy atom. The molecule has 0 N–H and O–H groups in total. The van der Waals surface area contributed by atoms with E-state index in [4.69, 9.17) is 4.74 Å². The maximum absolute atomic E-state index is 13.3. The molecule has 1 aliphatic heterocycles. The maximum Gasteiger partial charge on any atom is 0.300 e. The maximum atomic E-state index is 13.3. The van der Waals surface area contributed by atoms with Gasteiger partial charge < -0.3 is 9.64 Å². The molecule has 1 saturated heterocycles. The van der Waals surface area contributed by atoms with Gasteiger partial charge in [0.2, 0.25) is 0 Å². The van der Waals surface area contributed by atoms with E-state index < -0.39 is 5.91 Å². The molecule has 4 aromatic rings. The Kier molecular flexibility index (Phi) is 6.42. The molecule has 0 atom stereocenters. The van der Waals surface area contributed by atoms with Crippen LogP contribution in [0.15, 0.2) is 53.5 Å². The van der Waals surface area contributed by atoms with Crippen LogP contribution in [0.4, 0.5) is 4.39 Å². The van der Waals surface area contributed by atoms with Gasteiger partial charge in [-0.05, 0) is 79.8 Å². The van der Waals surface area contributed by atoms with Gasteiger partial charge >= 0.3 is 5.91 Å². The van der Waals surface area contributed by atoms with Crippen LogP contribution in [0.5, 0.6) is 5.75 Å². The lowest BCUT2D eigenvalue weighted by atomic mass is 10.3. The molecule has 0 aliphatic carbocycles. The van der Waals surface area contributed by atoms with Crippen LogP contribution in [0.3, 0.4) is 0 Å². The molecule has 3 heterocycles. The highest BCUT2D eigenvalue weighted by Gasteiger charge is 2.26. The van der Waals surface area contributed by atoms with Crippen molar-refractivity contribution in [2.24, 2.45) is 4.99 Å². The molecule has 2 amide bonds. The minimum atomic E-state index is -0.651. The number of carbonyl (C=O) groups is 2. The van der Waals surface area contributed by atoms with Crippen molar-refractivity contribution in [1.82, 2.24) is 29.1 Å². The van der Waals surface area contributed by atoms with Gasteiger partial charge in [0.1, 0.15) is 11.6 Å². The van der Waals surface area contributed by atoms with Gasteiger partial charge in [-0.1, -0.05) is 5.21 Å². The van der Waals surface area contributed by atoms with E-state index in [0.29, 0.717) is 35.9 Å². The Hall–Kier alpha value is -4.19. The van der Waals surface area contributed by atoms with Crippen molar-refractivity contribution < 1.29 is 18.7 Å². The lowest BCUT2D eigenvalue weighted by Crippen LogP contribution is -2.31. The second-order valence-electron chi connectivity index (χ2n) is 8.14. The summed E-state index contributed by atoms with van der Waals surface area (Å²) in [6.07, 6.45) is 1.84. The summed E-state index contributed by atoms with van der Waals surface area (Å²) in [5.74, 6) is -0.617. The average Bonchev–Trinajstić information content (AvgIpc) is 3.65. The topological polar surface area (TPSA) is 108 Å². The fourth-order valence-corrected chi connectivity index (χ4v) is 4.73. The van der Waals surface area contributed by atoms with Gasteiger partial charge in [-0.25, -0.2) is 9.07 Å². The van der Waals surface area contributed by atoms with Crippen molar-refractivity contribution in [1.29, 1.82) is 0 Å². The van der Waals surface area contributed by atoms with E-state index in [1.54, 1.807) is 47.3 Å². The number of aromatic nitrogens is 5. The Morgan fingerprint density at radius 1 is 1.00 bits per heavy atom. The van der Waals surface area contributed by atoms with Crippen LogP contribution in [0.2, 0.25) is 0 Å². The van der Waals surface area contributed by atoms with E-state index in [-0.39, 0.29) is 27.8 Å². The van der Waals surface area contributed by atoms with Gasteiger partial charge in [0, 0.05) is 13.1 Å². The van der Waals surface area contributed by atoms with Gasteiger partial charge in [0.05, 0.1) is 24.2 Å². The molecule has 2 aromatic heterocycles. The predicted molar refractivity (Wildman–Crippen MR) is 129 cm³/mol. The molecule has 2 aromatic carbocycles. The van der Waals surface area contributed by atoms with E-state index in [9.17, 15) is 14.0 Å². The third-order valence-electron chi connectivity index (χ3n) is 5.83. The van der Waals surface area contributed by atoms with Crippen molar-refractivity contribution in [3.8, 4) is 17.1 Å². The molecule has 0 radical (unpaired) electrons. The normalized spacial score (nSPS) is 13.9. The van der Waals surface area contributed by atoms with Crippen LogP contribution in [-0.2, 0) is 0 Å². The second-order valence-corrected chi connectivity index (χ2v) is 9.06. The van der Waals surface area contributed by atoms with Crippen LogP contribution >= 0.6 is 11.5 Å². The Balaban J connectivity index is 1.54. The molecule has 10 nitrogen and oxygen atoms in total. The number of likely N-dealkylation sites (tertiary alicyclic amines) is 1. The van der Waals surface area contributed by atoms with E-state index in [1.807, 2.05) is 0 Å². The molecular formula is C24H22FN7O3S. The lowest BCUT2D eigenvalue weighted by Gasteiger charge is -2.12. The molecule has 12 heteroatoms. The number of hydrogen-bond acceptors (Lipinski definition) is 7. The summed E-state index contributed by atoms with van der Waals surface area (Å²) in [6.45, 7) is 2.95. The number of methoxy groups -OCH3 is 1. The zero-order chi connectivity index (χ0) is 25.2. The first-order valence-corrected chi connectivity index (χ1v) is 12.0. The quantitative estimate of drug-likeness (QED) is 0.411. The fourth-order valence-electron chi connectivity index (χ4n) is 3.88. The predicted octanol–water partition coefficient (Wildman–Crippen LogP) is 2.95. The first-order chi connectivity index (χ1) is 17.4. The third kappa shape index (κ3) is 4.54. The van der Waals surface area contributed by atoms with Crippen molar-refractivity contribution >= 4 is 23.3 Å². The highest BCUT2D eigenvalue weighted by atomic mass is 32.1. The Bertz CT molecular complexity index is 1480. The first kappa shape index (κ1) is 23.5. The molecule has 1 fully saturated rings. The minimum absolute atomic E-state index is 0.0308. The van der Waals surface area contributed by atoms with Gasteiger partial charge in [0.25, 0.3) is 5.91 Å². The molecule has 0 unspecified atom stereocenters. The van der Waals surface area contributed by atoms with E-state index in [2.05, 4.69) is 20.4 Å². The number of ether oxygens (including phenoxy) is 1. The average molecular weight is 508 g/mol. The Labute approximate surface area is 209 Å². The lowest BCUT2D eigenvalue weighted by molar-refractivity contribution is 0.0785. The van der Waals surface area contributed by atoms with Crippen molar-refractivity contribution in [2.45, 2.75) is 19.8 Å². The summed E-state index contributed by atoms with van der Waals surface area (Å²) < 4.78 is 21.7. The van der Waals surface area contributed by atoms with Crippen LogP contribution < -0.4 is 9.41 Å². The SMILES string of the molecule is COc1ccc(-n2nc(C(=O)N3CCCC3)c(=NC(=O)c3nnn(-c4ccc(F)cc4)c3C)s2)cc1. The highest BCUT2D eigenvalue weighted by Crippen LogP contribution is 2.18. The minimum Gasteiger partial charge on any atom is -0.497 e. The molecular weight excluding hydrogens is 485 g/mol.